The van der Waals surface area contributed by atoms with Gasteiger partial charge in [-0.1, -0.05) is 153 Å². The van der Waals surface area contributed by atoms with Gasteiger partial charge in [0.05, 0.1) is 13.2 Å². The minimum Gasteiger partial charge on any atom is -0.462 e. The average molecular weight is 770 g/mol. The molecule has 53 heavy (non-hydrogen) atoms. The van der Waals surface area contributed by atoms with Gasteiger partial charge in [-0.05, 0) is 64.2 Å². The van der Waals surface area contributed by atoms with E-state index in [1.165, 1.54) is 83.5 Å². The number of nitrogens with two attached hydrogens (primary N) is 1. The van der Waals surface area contributed by atoms with Crippen molar-refractivity contribution in [3.05, 3.63) is 36.5 Å². The van der Waals surface area contributed by atoms with E-state index in [-0.39, 0.29) is 32.6 Å². The Morgan fingerprint density at radius 2 is 1.00 bits per heavy atom. The first-order chi connectivity index (χ1) is 25.8. The molecule has 0 spiro atoms. The lowest BCUT2D eigenvalue weighted by molar-refractivity contribution is -0.161. The van der Waals surface area contributed by atoms with Crippen LogP contribution in [-0.4, -0.2) is 49.3 Å². The van der Waals surface area contributed by atoms with E-state index in [2.05, 4.69) is 50.3 Å². The molecule has 310 valence electrons. The molecule has 9 nitrogen and oxygen atoms in total. The highest BCUT2D eigenvalue weighted by Crippen LogP contribution is 2.43. The van der Waals surface area contributed by atoms with Crippen molar-refractivity contribution in [2.45, 2.75) is 200 Å². The van der Waals surface area contributed by atoms with Crippen LogP contribution < -0.4 is 5.73 Å². The molecular formula is C43H80NO8P. The fourth-order valence-corrected chi connectivity index (χ4v) is 6.53. The third-order valence-electron chi connectivity index (χ3n) is 9.00. The summed E-state index contributed by atoms with van der Waals surface area (Å²) in [7, 11) is -4.38. The molecule has 0 aromatic rings. The van der Waals surface area contributed by atoms with Crippen molar-refractivity contribution < 1.29 is 37.6 Å². The van der Waals surface area contributed by atoms with Crippen molar-refractivity contribution >= 4 is 19.8 Å². The largest absolute Gasteiger partial charge is 0.472 e. The number of ether oxygens (including phenoxy) is 2. The van der Waals surface area contributed by atoms with Crippen LogP contribution in [0.25, 0.3) is 0 Å². The monoisotopic (exact) mass is 770 g/mol. The molecule has 0 heterocycles. The maximum Gasteiger partial charge on any atom is 0.472 e. The Morgan fingerprint density at radius 1 is 0.566 bits per heavy atom. The lowest BCUT2D eigenvalue weighted by Crippen LogP contribution is -2.29. The number of allylic oxidation sites excluding steroid dienone is 6. The molecule has 0 aromatic heterocycles. The molecule has 2 unspecified atom stereocenters. The lowest BCUT2D eigenvalue weighted by Gasteiger charge is -2.19. The molecule has 3 N–H and O–H groups in total. The van der Waals surface area contributed by atoms with E-state index >= 15 is 0 Å². The number of esters is 2. The van der Waals surface area contributed by atoms with Crippen LogP contribution in [0.2, 0.25) is 0 Å². The maximum atomic E-state index is 12.6. The molecule has 0 saturated heterocycles. The number of carbonyl (C=O) groups excluding carboxylic acids is 2. The zero-order chi connectivity index (χ0) is 38.9. The number of carbonyl (C=O) groups is 2. The molecule has 0 rings (SSSR count). The fourth-order valence-electron chi connectivity index (χ4n) is 5.76. The van der Waals surface area contributed by atoms with Crippen LogP contribution in [0.15, 0.2) is 36.5 Å². The Labute approximate surface area is 324 Å². The summed E-state index contributed by atoms with van der Waals surface area (Å²) in [5, 5.41) is 0. The second-order valence-corrected chi connectivity index (χ2v) is 15.7. The Kier molecular flexibility index (Phi) is 38.6. The fraction of sp³-hybridized carbons (Fsp3) is 0.814. The van der Waals surface area contributed by atoms with Gasteiger partial charge in [0.2, 0.25) is 0 Å². The molecule has 0 aliphatic carbocycles. The smallest absolute Gasteiger partial charge is 0.462 e. The van der Waals surface area contributed by atoms with Crippen LogP contribution >= 0.6 is 7.82 Å². The number of unbranched alkanes of at least 4 members (excludes halogenated alkanes) is 21. The maximum absolute atomic E-state index is 12.6. The summed E-state index contributed by atoms with van der Waals surface area (Å²) >= 11 is 0. The summed E-state index contributed by atoms with van der Waals surface area (Å²) in [5.41, 5.74) is 5.34. The molecular weight excluding hydrogens is 689 g/mol. The van der Waals surface area contributed by atoms with E-state index < -0.39 is 32.5 Å². The van der Waals surface area contributed by atoms with Crippen LogP contribution in [0.1, 0.15) is 194 Å². The lowest BCUT2D eigenvalue weighted by atomic mass is 10.1. The van der Waals surface area contributed by atoms with E-state index in [1.54, 1.807) is 0 Å². The van der Waals surface area contributed by atoms with Crippen molar-refractivity contribution in [3.8, 4) is 0 Å². The molecule has 0 saturated carbocycles. The predicted octanol–water partition coefficient (Wildman–Crippen LogP) is 12.2. The van der Waals surface area contributed by atoms with E-state index in [4.69, 9.17) is 24.3 Å². The van der Waals surface area contributed by atoms with Gasteiger partial charge in [-0.3, -0.25) is 18.6 Å². The summed E-state index contributed by atoms with van der Waals surface area (Å²) < 4.78 is 32.7. The van der Waals surface area contributed by atoms with E-state index in [0.29, 0.717) is 6.42 Å². The Hall–Kier alpha value is -1.77. The second kappa shape index (κ2) is 39.9. The first-order valence-corrected chi connectivity index (χ1v) is 23.0. The van der Waals surface area contributed by atoms with Crippen LogP contribution in [0.5, 0.6) is 0 Å². The number of hydrogen-bond donors (Lipinski definition) is 2. The van der Waals surface area contributed by atoms with Crippen LogP contribution in [0, 0.1) is 0 Å². The van der Waals surface area contributed by atoms with Crippen molar-refractivity contribution in [1.82, 2.24) is 0 Å². The summed E-state index contributed by atoms with van der Waals surface area (Å²) in [6.07, 6.45) is 43.2. The van der Waals surface area contributed by atoms with Gasteiger partial charge in [0.15, 0.2) is 6.10 Å². The standard InChI is InChI=1S/C43H80NO8P/c1-3-5-7-9-11-13-15-16-17-18-19-20-21-22-23-24-26-28-30-32-34-36-43(46)52-41(40-51-53(47,48)50-38-37-44)39-49-42(45)35-33-31-29-27-25-14-12-10-8-6-4-2/h10,12,15-16,18-19,41H,3-9,11,13-14,17,20-40,44H2,1-2H3,(H,47,48)/b12-10-,16-15-,19-18-. The minimum atomic E-state index is -4.38. The van der Waals surface area contributed by atoms with Crippen molar-refractivity contribution in [1.29, 1.82) is 0 Å². The van der Waals surface area contributed by atoms with Gasteiger partial charge in [-0.15, -0.1) is 0 Å². The minimum absolute atomic E-state index is 0.0513. The zero-order valence-electron chi connectivity index (χ0n) is 34.0. The van der Waals surface area contributed by atoms with Crippen molar-refractivity contribution in [2.24, 2.45) is 5.73 Å². The van der Waals surface area contributed by atoms with Gasteiger partial charge in [-0.2, -0.15) is 0 Å². The molecule has 0 amide bonds. The molecule has 2 atom stereocenters. The second-order valence-electron chi connectivity index (χ2n) is 14.2. The summed E-state index contributed by atoms with van der Waals surface area (Å²) in [6.45, 7) is 3.67. The SMILES string of the molecule is CCCC/C=C\CCCCCCCC(=O)OCC(COP(=O)(O)OCCN)OC(=O)CCCCCCCCCCC/C=C\C/C=C\CCCCCCC. The first-order valence-electron chi connectivity index (χ1n) is 21.5. The highest BCUT2D eigenvalue weighted by Gasteiger charge is 2.26. The van der Waals surface area contributed by atoms with Gasteiger partial charge in [0.1, 0.15) is 6.61 Å². The van der Waals surface area contributed by atoms with Gasteiger partial charge in [-0.25, -0.2) is 4.57 Å². The van der Waals surface area contributed by atoms with Crippen LogP contribution in [0.4, 0.5) is 0 Å². The Bertz CT molecular complexity index is 970. The predicted molar refractivity (Wildman–Crippen MR) is 220 cm³/mol. The van der Waals surface area contributed by atoms with Gasteiger partial charge in [0.25, 0.3) is 0 Å². The molecule has 0 aliphatic rings. The molecule has 0 aromatic carbocycles. The number of hydrogen-bond acceptors (Lipinski definition) is 8. The van der Waals surface area contributed by atoms with Crippen molar-refractivity contribution in [2.75, 3.05) is 26.4 Å². The summed E-state index contributed by atoms with van der Waals surface area (Å²) in [4.78, 5) is 34.8. The van der Waals surface area contributed by atoms with Gasteiger partial charge in [0, 0.05) is 19.4 Å². The van der Waals surface area contributed by atoms with Gasteiger partial charge >= 0.3 is 19.8 Å². The molecule has 0 fully saturated rings. The molecule has 0 radical (unpaired) electrons. The number of phosphoric ester groups is 1. The number of phosphoric acid groups is 1. The number of rotatable bonds is 40. The zero-order valence-corrected chi connectivity index (χ0v) is 34.9. The molecule has 0 aliphatic heterocycles. The average Bonchev–Trinajstić information content (AvgIpc) is 3.14. The quantitative estimate of drug-likeness (QED) is 0.0270. The van der Waals surface area contributed by atoms with Crippen LogP contribution in [-0.2, 0) is 32.7 Å². The van der Waals surface area contributed by atoms with Gasteiger partial charge < -0.3 is 20.1 Å². The molecule has 0 bridgehead atoms. The van der Waals surface area contributed by atoms with Crippen molar-refractivity contribution in [3.63, 3.8) is 0 Å². The Balaban J connectivity index is 4.11. The third-order valence-corrected chi connectivity index (χ3v) is 9.98. The van der Waals surface area contributed by atoms with E-state index in [1.807, 2.05) is 0 Å². The van der Waals surface area contributed by atoms with E-state index in [9.17, 15) is 19.0 Å². The van der Waals surface area contributed by atoms with Crippen LogP contribution in [0.3, 0.4) is 0 Å². The highest BCUT2D eigenvalue weighted by molar-refractivity contribution is 7.47. The topological polar surface area (TPSA) is 134 Å². The first kappa shape index (κ1) is 51.2. The Morgan fingerprint density at radius 3 is 1.51 bits per heavy atom. The van der Waals surface area contributed by atoms with E-state index in [0.717, 1.165) is 77.0 Å². The molecule has 10 heteroatoms. The third kappa shape index (κ3) is 39.7. The summed E-state index contributed by atoms with van der Waals surface area (Å²) in [6, 6.07) is 0. The summed E-state index contributed by atoms with van der Waals surface area (Å²) in [5.74, 6) is -0.844. The highest BCUT2D eigenvalue weighted by atomic mass is 31.2. The normalized spacial score (nSPS) is 13.7.